The summed E-state index contributed by atoms with van der Waals surface area (Å²) >= 11 is 0. The molecule has 0 bridgehead atoms. The molecule has 0 aliphatic carbocycles. The van der Waals surface area contributed by atoms with Crippen LogP contribution in [-0.4, -0.2) is 20.7 Å². The molecule has 3 rings (SSSR count). The van der Waals surface area contributed by atoms with Crippen molar-refractivity contribution in [3.63, 3.8) is 0 Å². The number of hydrogen-bond acceptors (Lipinski definition) is 3. The van der Waals surface area contributed by atoms with Gasteiger partial charge >= 0.3 is 0 Å². The highest BCUT2D eigenvalue weighted by Crippen LogP contribution is 2.18. The van der Waals surface area contributed by atoms with Gasteiger partial charge in [-0.05, 0) is 35.7 Å². The molecule has 0 aliphatic rings. The molecule has 128 valence electrons. The average Bonchev–Trinajstić information content (AvgIpc) is 3.07. The molecule has 25 heavy (non-hydrogen) atoms. The number of nitrogens with one attached hydrogen (secondary N) is 1. The maximum absolute atomic E-state index is 12.3. The first kappa shape index (κ1) is 16.9. The Morgan fingerprint density at radius 3 is 2.56 bits per heavy atom. The Bertz CT molecular complexity index is 852. The molecule has 0 unspecified atom stereocenters. The fraction of sp³-hybridized carbons (Fsp3) is 0.250. The van der Waals surface area contributed by atoms with Gasteiger partial charge in [-0.3, -0.25) is 14.5 Å². The number of amides is 1. The van der Waals surface area contributed by atoms with Crippen LogP contribution in [0.1, 0.15) is 34.8 Å². The monoisotopic (exact) mass is 334 g/mol. The highest BCUT2D eigenvalue weighted by Gasteiger charge is 2.07. The van der Waals surface area contributed by atoms with E-state index in [1.807, 2.05) is 43.6 Å². The van der Waals surface area contributed by atoms with E-state index < -0.39 is 0 Å². The Labute approximate surface area is 147 Å². The van der Waals surface area contributed by atoms with E-state index in [1.54, 1.807) is 23.3 Å². The Balaban J connectivity index is 1.64. The van der Waals surface area contributed by atoms with E-state index in [2.05, 4.69) is 22.3 Å². The molecular weight excluding hydrogens is 312 g/mol. The molecule has 0 spiro atoms. The molecule has 2 heterocycles. The number of pyridine rings is 1. The van der Waals surface area contributed by atoms with Crippen LogP contribution in [0, 0.1) is 0 Å². The van der Waals surface area contributed by atoms with Crippen LogP contribution >= 0.6 is 0 Å². The maximum Gasteiger partial charge on any atom is 0.251 e. The van der Waals surface area contributed by atoms with Crippen LogP contribution in [0.4, 0.5) is 0 Å². The topological polar surface area (TPSA) is 59.8 Å². The largest absolute Gasteiger partial charge is 0.348 e. The van der Waals surface area contributed by atoms with Gasteiger partial charge in [0.15, 0.2) is 0 Å². The number of aromatic nitrogens is 3. The van der Waals surface area contributed by atoms with Gasteiger partial charge in [0, 0.05) is 48.9 Å². The SMILES string of the molecule is CCCc1ccc(C(=O)NCc2cncc(-c3cnn(C)c3)c2)cc1. The number of carbonyl (C=O) groups excluding carboxylic acids is 1. The van der Waals surface area contributed by atoms with E-state index in [0.29, 0.717) is 12.1 Å². The zero-order chi connectivity index (χ0) is 17.6. The Morgan fingerprint density at radius 2 is 1.88 bits per heavy atom. The van der Waals surface area contributed by atoms with Crippen molar-refractivity contribution in [2.45, 2.75) is 26.3 Å². The van der Waals surface area contributed by atoms with Crippen molar-refractivity contribution in [2.75, 3.05) is 0 Å². The van der Waals surface area contributed by atoms with Gasteiger partial charge in [-0.2, -0.15) is 5.10 Å². The van der Waals surface area contributed by atoms with Crippen molar-refractivity contribution in [3.8, 4) is 11.1 Å². The summed E-state index contributed by atoms with van der Waals surface area (Å²) in [5.74, 6) is -0.0742. The molecule has 0 radical (unpaired) electrons. The predicted octanol–water partition coefficient (Wildman–Crippen LogP) is 3.36. The summed E-state index contributed by atoms with van der Waals surface area (Å²) in [6.45, 7) is 2.59. The van der Waals surface area contributed by atoms with Crippen molar-refractivity contribution < 1.29 is 4.79 Å². The highest BCUT2D eigenvalue weighted by atomic mass is 16.1. The van der Waals surface area contributed by atoms with Crippen molar-refractivity contribution >= 4 is 5.91 Å². The van der Waals surface area contributed by atoms with Crippen LogP contribution in [0.15, 0.2) is 55.1 Å². The van der Waals surface area contributed by atoms with Gasteiger partial charge in [-0.25, -0.2) is 0 Å². The Hall–Kier alpha value is -2.95. The highest BCUT2D eigenvalue weighted by molar-refractivity contribution is 5.94. The van der Waals surface area contributed by atoms with Gasteiger partial charge in [-0.1, -0.05) is 25.5 Å². The minimum atomic E-state index is -0.0742. The zero-order valence-electron chi connectivity index (χ0n) is 14.6. The lowest BCUT2D eigenvalue weighted by Crippen LogP contribution is -2.22. The number of nitrogens with zero attached hydrogens (tertiary/aromatic N) is 3. The lowest BCUT2D eigenvalue weighted by Gasteiger charge is -2.07. The maximum atomic E-state index is 12.3. The van der Waals surface area contributed by atoms with E-state index in [9.17, 15) is 4.79 Å². The molecule has 5 heteroatoms. The van der Waals surface area contributed by atoms with Crippen LogP contribution in [0.2, 0.25) is 0 Å². The van der Waals surface area contributed by atoms with Crippen LogP contribution in [0.3, 0.4) is 0 Å². The number of aryl methyl sites for hydroxylation is 2. The van der Waals surface area contributed by atoms with E-state index >= 15 is 0 Å². The third-order valence-electron chi connectivity index (χ3n) is 4.04. The van der Waals surface area contributed by atoms with Crippen molar-refractivity contribution in [2.24, 2.45) is 7.05 Å². The van der Waals surface area contributed by atoms with Gasteiger partial charge in [0.25, 0.3) is 5.91 Å². The molecule has 2 aromatic heterocycles. The smallest absolute Gasteiger partial charge is 0.251 e. The average molecular weight is 334 g/mol. The van der Waals surface area contributed by atoms with Crippen LogP contribution < -0.4 is 5.32 Å². The van der Waals surface area contributed by atoms with Crippen LogP contribution in [0.25, 0.3) is 11.1 Å². The van der Waals surface area contributed by atoms with E-state index in [1.165, 1.54) is 5.56 Å². The quantitative estimate of drug-likeness (QED) is 0.752. The lowest BCUT2D eigenvalue weighted by molar-refractivity contribution is 0.0951. The van der Waals surface area contributed by atoms with Crippen molar-refractivity contribution in [1.29, 1.82) is 0 Å². The molecule has 1 aromatic carbocycles. The number of rotatable bonds is 6. The fourth-order valence-electron chi connectivity index (χ4n) is 2.71. The van der Waals surface area contributed by atoms with Crippen LogP contribution in [-0.2, 0) is 20.0 Å². The van der Waals surface area contributed by atoms with Crippen LogP contribution in [0.5, 0.6) is 0 Å². The van der Waals surface area contributed by atoms with E-state index in [0.717, 1.165) is 29.5 Å². The second-order valence-corrected chi connectivity index (χ2v) is 6.11. The summed E-state index contributed by atoms with van der Waals surface area (Å²) in [5, 5.41) is 7.13. The first-order valence-electron chi connectivity index (χ1n) is 8.46. The fourth-order valence-corrected chi connectivity index (χ4v) is 2.71. The standard InChI is InChI=1S/C20H22N4O/c1-3-4-15-5-7-17(8-6-15)20(25)22-11-16-9-18(12-21-10-16)19-13-23-24(2)14-19/h5-10,12-14H,3-4,11H2,1-2H3,(H,22,25). The Kier molecular flexibility index (Phi) is 5.23. The van der Waals surface area contributed by atoms with Gasteiger partial charge in [0.1, 0.15) is 0 Å². The molecule has 1 amide bonds. The Morgan fingerprint density at radius 1 is 1.08 bits per heavy atom. The summed E-state index contributed by atoms with van der Waals surface area (Å²) in [6.07, 6.45) is 9.45. The third-order valence-corrected chi connectivity index (χ3v) is 4.04. The normalized spacial score (nSPS) is 10.6. The third kappa shape index (κ3) is 4.32. The molecule has 0 saturated carbocycles. The van der Waals surface area contributed by atoms with Gasteiger partial charge in [0.05, 0.1) is 6.20 Å². The summed E-state index contributed by atoms with van der Waals surface area (Å²) < 4.78 is 1.76. The molecule has 0 atom stereocenters. The van der Waals surface area contributed by atoms with Crippen molar-refractivity contribution in [1.82, 2.24) is 20.1 Å². The summed E-state index contributed by atoms with van der Waals surface area (Å²) in [7, 11) is 1.88. The van der Waals surface area contributed by atoms with Gasteiger partial charge < -0.3 is 5.32 Å². The van der Waals surface area contributed by atoms with Gasteiger partial charge in [-0.15, -0.1) is 0 Å². The lowest BCUT2D eigenvalue weighted by atomic mass is 10.1. The molecule has 0 aliphatic heterocycles. The number of benzene rings is 1. The molecule has 0 fully saturated rings. The minimum Gasteiger partial charge on any atom is -0.348 e. The zero-order valence-corrected chi connectivity index (χ0v) is 14.6. The summed E-state index contributed by atoms with van der Waals surface area (Å²) in [4.78, 5) is 16.6. The van der Waals surface area contributed by atoms with E-state index in [4.69, 9.17) is 0 Å². The van der Waals surface area contributed by atoms with Crippen molar-refractivity contribution in [3.05, 3.63) is 71.8 Å². The number of hydrogen-bond donors (Lipinski definition) is 1. The molecular formula is C20H22N4O. The first-order valence-corrected chi connectivity index (χ1v) is 8.46. The summed E-state index contributed by atoms with van der Waals surface area (Å²) in [6, 6.07) is 9.82. The molecule has 0 saturated heterocycles. The molecule has 3 aromatic rings. The van der Waals surface area contributed by atoms with E-state index in [-0.39, 0.29) is 5.91 Å². The van der Waals surface area contributed by atoms with Gasteiger partial charge in [0.2, 0.25) is 0 Å². The molecule has 5 nitrogen and oxygen atoms in total. The predicted molar refractivity (Wildman–Crippen MR) is 98.0 cm³/mol. The second-order valence-electron chi connectivity index (χ2n) is 6.11. The second kappa shape index (κ2) is 7.75. The summed E-state index contributed by atoms with van der Waals surface area (Å²) in [5.41, 5.74) is 4.89. The first-order chi connectivity index (χ1) is 12.2. The molecule has 1 N–H and O–H groups in total. The number of carbonyl (C=O) groups is 1. The minimum absolute atomic E-state index is 0.0742.